The normalized spacial score (nSPS) is 37.7. The molecule has 0 aromatic carbocycles. The van der Waals surface area contributed by atoms with E-state index in [4.69, 9.17) is 10.5 Å². The second kappa shape index (κ2) is 5.48. The second-order valence-corrected chi connectivity index (χ2v) is 7.04. The van der Waals surface area contributed by atoms with Crippen LogP contribution in [0.25, 0.3) is 0 Å². The van der Waals surface area contributed by atoms with Gasteiger partial charge in [0.05, 0.1) is 6.10 Å². The van der Waals surface area contributed by atoms with Crippen molar-refractivity contribution in [3.05, 3.63) is 0 Å². The lowest BCUT2D eigenvalue weighted by atomic mass is 9.83. The van der Waals surface area contributed by atoms with E-state index in [0.29, 0.717) is 11.5 Å². The van der Waals surface area contributed by atoms with Crippen molar-refractivity contribution in [3.8, 4) is 0 Å². The fourth-order valence-corrected chi connectivity index (χ4v) is 3.72. The van der Waals surface area contributed by atoms with Crippen molar-refractivity contribution in [2.24, 2.45) is 11.1 Å². The summed E-state index contributed by atoms with van der Waals surface area (Å²) in [5.74, 6) is 0. The van der Waals surface area contributed by atoms with Crippen molar-refractivity contribution >= 4 is 0 Å². The van der Waals surface area contributed by atoms with Gasteiger partial charge in [-0.3, -0.25) is 4.90 Å². The van der Waals surface area contributed by atoms with Crippen molar-refractivity contribution < 1.29 is 4.74 Å². The molecule has 2 unspecified atom stereocenters. The van der Waals surface area contributed by atoms with Crippen molar-refractivity contribution in [1.29, 1.82) is 0 Å². The first-order chi connectivity index (χ1) is 8.51. The fraction of sp³-hybridized carbons (Fsp3) is 1.00. The molecule has 0 radical (unpaired) electrons. The summed E-state index contributed by atoms with van der Waals surface area (Å²) in [4.78, 5) is 2.63. The minimum absolute atomic E-state index is 0.251. The highest BCUT2D eigenvalue weighted by molar-refractivity contribution is 4.98. The van der Waals surface area contributed by atoms with E-state index in [1.54, 1.807) is 0 Å². The van der Waals surface area contributed by atoms with Crippen LogP contribution >= 0.6 is 0 Å². The fourth-order valence-electron chi connectivity index (χ4n) is 3.72. The SMILES string of the molecule is COC1CCN(C2(CN)CCCC(C)(C)CC2)C1. The Kier molecular flexibility index (Phi) is 4.35. The molecule has 3 nitrogen and oxygen atoms in total. The summed E-state index contributed by atoms with van der Waals surface area (Å²) in [5.41, 5.74) is 6.93. The summed E-state index contributed by atoms with van der Waals surface area (Å²) >= 11 is 0. The number of nitrogens with zero attached hydrogens (tertiary/aromatic N) is 1. The van der Waals surface area contributed by atoms with Gasteiger partial charge in [0.1, 0.15) is 0 Å². The number of ether oxygens (including phenoxy) is 1. The molecule has 2 atom stereocenters. The van der Waals surface area contributed by atoms with Gasteiger partial charge in [-0.2, -0.15) is 0 Å². The van der Waals surface area contributed by atoms with Gasteiger partial charge in [-0.25, -0.2) is 0 Å². The van der Waals surface area contributed by atoms with Crippen LogP contribution < -0.4 is 5.73 Å². The average molecular weight is 254 g/mol. The maximum Gasteiger partial charge on any atom is 0.0710 e. The largest absolute Gasteiger partial charge is 0.380 e. The lowest BCUT2D eigenvalue weighted by molar-refractivity contribution is 0.0632. The van der Waals surface area contributed by atoms with Gasteiger partial charge in [-0.1, -0.05) is 20.3 Å². The smallest absolute Gasteiger partial charge is 0.0710 e. The molecule has 2 N–H and O–H groups in total. The van der Waals surface area contributed by atoms with E-state index in [-0.39, 0.29) is 5.54 Å². The van der Waals surface area contributed by atoms with Gasteiger partial charge in [0.15, 0.2) is 0 Å². The molecule has 106 valence electrons. The van der Waals surface area contributed by atoms with Crippen LogP contribution in [0.15, 0.2) is 0 Å². The highest BCUT2D eigenvalue weighted by Gasteiger charge is 2.42. The van der Waals surface area contributed by atoms with Gasteiger partial charge in [0, 0.05) is 32.3 Å². The van der Waals surface area contributed by atoms with Crippen LogP contribution in [0.3, 0.4) is 0 Å². The average Bonchev–Trinajstić information content (AvgIpc) is 2.77. The molecule has 3 heteroatoms. The van der Waals surface area contributed by atoms with Crippen LogP contribution in [0.1, 0.15) is 52.4 Å². The molecule has 1 saturated carbocycles. The molecule has 2 aliphatic rings. The monoisotopic (exact) mass is 254 g/mol. The van der Waals surface area contributed by atoms with E-state index in [1.165, 1.54) is 38.5 Å². The van der Waals surface area contributed by atoms with Gasteiger partial charge < -0.3 is 10.5 Å². The number of nitrogens with two attached hydrogens (primary N) is 1. The molecule has 1 saturated heterocycles. The Morgan fingerprint density at radius 3 is 2.61 bits per heavy atom. The molecule has 1 aliphatic carbocycles. The van der Waals surface area contributed by atoms with Crippen molar-refractivity contribution in [2.75, 3.05) is 26.7 Å². The molecule has 0 amide bonds. The Labute approximate surface area is 112 Å². The first kappa shape index (κ1) is 14.3. The first-order valence-corrected chi connectivity index (χ1v) is 7.49. The van der Waals surface area contributed by atoms with Crippen molar-refractivity contribution in [2.45, 2.75) is 64.0 Å². The molecule has 0 aromatic rings. The highest BCUT2D eigenvalue weighted by Crippen LogP contribution is 2.41. The molecular weight excluding hydrogens is 224 g/mol. The van der Waals surface area contributed by atoms with Crippen LogP contribution in [-0.4, -0.2) is 43.3 Å². The summed E-state index contributed by atoms with van der Waals surface area (Å²) in [6.45, 7) is 7.85. The lowest BCUT2D eigenvalue weighted by Gasteiger charge is -2.41. The minimum atomic E-state index is 0.251. The second-order valence-electron chi connectivity index (χ2n) is 7.04. The quantitative estimate of drug-likeness (QED) is 0.786. The van der Waals surface area contributed by atoms with E-state index >= 15 is 0 Å². The summed E-state index contributed by atoms with van der Waals surface area (Å²) in [7, 11) is 1.83. The topological polar surface area (TPSA) is 38.5 Å². The Bertz CT molecular complexity index is 280. The molecular formula is C15H30N2O. The maximum atomic E-state index is 6.18. The first-order valence-electron chi connectivity index (χ1n) is 7.49. The van der Waals surface area contributed by atoms with Gasteiger partial charge in [0.25, 0.3) is 0 Å². The Balaban J connectivity index is 2.06. The van der Waals surface area contributed by atoms with Crippen LogP contribution in [0.2, 0.25) is 0 Å². The predicted molar refractivity (Wildman–Crippen MR) is 75.6 cm³/mol. The van der Waals surface area contributed by atoms with Crippen molar-refractivity contribution in [1.82, 2.24) is 4.90 Å². The Hall–Kier alpha value is -0.120. The molecule has 1 heterocycles. The van der Waals surface area contributed by atoms with Gasteiger partial charge in [0.2, 0.25) is 0 Å². The summed E-state index contributed by atoms with van der Waals surface area (Å²) in [6.07, 6.45) is 8.08. The minimum Gasteiger partial charge on any atom is -0.380 e. The third-order valence-corrected chi connectivity index (χ3v) is 5.29. The molecule has 18 heavy (non-hydrogen) atoms. The van der Waals surface area contributed by atoms with Crippen molar-refractivity contribution in [3.63, 3.8) is 0 Å². The number of methoxy groups -OCH3 is 1. The summed E-state index contributed by atoms with van der Waals surface area (Å²) in [5, 5.41) is 0. The molecule has 0 bridgehead atoms. The third kappa shape index (κ3) is 2.89. The zero-order valence-corrected chi connectivity index (χ0v) is 12.4. The van der Waals surface area contributed by atoms with Gasteiger partial charge in [-0.15, -0.1) is 0 Å². The van der Waals surface area contributed by atoms with Crippen LogP contribution in [0.4, 0.5) is 0 Å². The standard InChI is InChI=1S/C15H30N2O/c1-14(2)6-4-7-15(12-16,9-8-14)17-10-5-13(11-17)18-3/h13H,4-12,16H2,1-3H3. The predicted octanol–water partition coefficient (Wildman–Crippen LogP) is 2.39. The Morgan fingerprint density at radius 1 is 1.22 bits per heavy atom. The van der Waals surface area contributed by atoms with Crippen LogP contribution in [0.5, 0.6) is 0 Å². The van der Waals surface area contributed by atoms with E-state index in [9.17, 15) is 0 Å². The summed E-state index contributed by atoms with van der Waals surface area (Å²) < 4.78 is 5.51. The molecule has 0 spiro atoms. The number of hydrogen-bond donors (Lipinski definition) is 1. The van der Waals surface area contributed by atoms with Gasteiger partial charge in [-0.05, 0) is 37.5 Å². The third-order valence-electron chi connectivity index (χ3n) is 5.29. The number of rotatable bonds is 3. The zero-order valence-electron chi connectivity index (χ0n) is 12.4. The van der Waals surface area contributed by atoms with E-state index < -0.39 is 0 Å². The molecule has 1 aliphatic heterocycles. The zero-order chi connectivity index (χ0) is 13.2. The highest BCUT2D eigenvalue weighted by atomic mass is 16.5. The lowest BCUT2D eigenvalue weighted by Crippen LogP contribution is -2.53. The van der Waals surface area contributed by atoms with E-state index in [2.05, 4.69) is 18.7 Å². The molecule has 2 rings (SSSR count). The van der Waals surface area contributed by atoms with Crippen LogP contribution in [-0.2, 0) is 4.74 Å². The maximum absolute atomic E-state index is 6.18. The number of hydrogen-bond acceptors (Lipinski definition) is 3. The molecule has 2 fully saturated rings. The number of likely N-dealkylation sites (tertiary alicyclic amines) is 1. The van der Waals surface area contributed by atoms with Gasteiger partial charge >= 0.3 is 0 Å². The summed E-state index contributed by atoms with van der Waals surface area (Å²) in [6, 6.07) is 0. The Morgan fingerprint density at radius 2 is 2.00 bits per heavy atom. The van der Waals surface area contributed by atoms with E-state index in [1.807, 2.05) is 7.11 Å². The van der Waals surface area contributed by atoms with E-state index in [0.717, 1.165) is 19.6 Å². The molecule has 0 aromatic heterocycles. The van der Waals surface area contributed by atoms with Crippen LogP contribution in [0, 0.1) is 5.41 Å².